The molecule has 2 aliphatic rings. The van der Waals surface area contributed by atoms with E-state index in [1.54, 1.807) is 40.3 Å². The quantitative estimate of drug-likeness (QED) is 0.793. The van der Waals surface area contributed by atoms with E-state index in [4.69, 9.17) is 0 Å². The molecule has 0 unspecified atom stereocenters. The summed E-state index contributed by atoms with van der Waals surface area (Å²) in [6, 6.07) is 6.63. The van der Waals surface area contributed by atoms with Crippen molar-refractivity contribution < 1.29 is 13.2 Å². The first-order chi connectivity index (χ1) is 12.6. The van der Waals surface area contributed by atoms with Crippen molar-refractivity contribution in [1.82, 2.24) is 4.31 Å². The number of piperidine rings is 1. The van der Waals surface area contributed by atoms with Gasteiger partial charge in [-0.15, -0.1) is 11.8 Å². The Bertz CT molecular complexity index is 709. The molecule has 0 radical (unpaired) electrons. The molecule has 1 aliphatic heterocycles. The van der Waals surface area contributed by atoms with Crippen LogP contribution in [0.4, 0.5) is 5.69 Å². The Morgan fingerprint density at radius 3 is 2.50 bits per heavy atom. The maximum atomic E-state index is 12.8. The van der Waals surface area contributed by atoms with Crippen LogP contribution in [0.3, 0.4) is 0 Å². The van der Waals surface area contributed by atoms with E-state index >= 15 is 0 Å². The molecule has 1 aliphatic carbocycles. The highest BCUT2D eigenvalue weighted by molar-refractivity contribution is 8.00. The van der Waals surface area contributed by atoms with E-state index in [1.165, 1.54) is 32.1 Å². The van der Waals surface area contributed by atoms with Crippen LogP contribution in [0.15, 0.2) is 29.2 Å². The standard InChI is InChI=1S/C19H28N2O3S2/c22-19(15-25-17-9-3-1-4-10-17)20-16-8-7-11-18(14-16)26(23,24)21-12-5-2-6-13-21/h7-8,11,14,17H,1-6,9-10,12-13,15H2,(H,20,22). The second-order valence-electron chi connectivity index (χ2n) is 7.11. The van der Waals surface area contributed by atoms with Crippen molar-refractivity contribution in [3.05, 3.63) is 24.3 Å². The molecular formula is C19H28N2O3S2. The Hall–Kier alpha value is -1.05. The Labute approximate surface area is 161 Å². The van der Waals surface area contributed by atoms with Gasteiger partial charge in [0.1, 0.15) is 0 Å². The minimum atomic E-state index is -3.47. The minimum Gasteiger partial charge on any atom is -0.325 e. The molecule has 0 atom stereocenters. The Kier molecular flexibility index (Phi) is 7.00. The Morgan fingerprint density at radius 1 is 1.08 bits per heavy atom. The molecule has 1 N–H and O–H groups in total. The van der Waals surface area contributed by atoms with Gasteiger partial charge in [0.05, 0.1) is 10.6 Å². The lowest BCUT2D eigenvalue weighted by Gasteiger charge is -2.26. The van der Waals surface area contributed by atoms with Crippen molar-refractivity contribution in [3.8, 4) is 0 Å². The van der Waals surface area contributed by atoms with Crippen molar-refractivity contribution in [3.63, 3.8) is 0 Å². The average Bonchev–Trinajstić information content (AvgIpc) is 2.68. The fourth-order valence-electron chi connectivity index (χ4n) is 3.61. The molecule has 1 amide bonds. The molecule has 1 heterocycles. The molecule has 26 heavy (non-hydrogen) atoms. The zero-order chi connectivity index (χ0) is 18.4. The molecule has 7 heteroatoms. The number of carbonyl (C=O) groups excluding carboxylic acids is 1. The Morgan fingerprint density at radius 2 is 1.77 bits per heavy atom. The van der Waals surface area contributed by atoms with E-state index in [1.807, 2.05) is 0 Å². The van der Waals surface area contributed by atoms with Crippen molar-refractivity contribution in [1.29, 1.82) is 0 Å². The number of amides is 1. The predicted octanol–water partition coefficient (Wildman–Crippen LogP) is 3.87. The van der Waals surface area contributed by atoms with Gasteiger partial charge >= 0.3 is 0 Å². The van der Waals surface area contributed by atoms with Crippen LogP contribution in [-0.2, 0) is 14.8 Å². The first-order valence-corrected chi connectivity index (χ1v) is 12.1. The van der Waals surface area contributed by atoms with E-state index < -0.39 is 10.0 Å². The van der Waals surface area contributed by atoms with Crippen molar-refractivity contribution >= 4 is 33.4 Å². The third-order valence-electron chi connectivity index (χ3n) is 5.07. The van der Waals surface area contributed by atoms with Gasteiger partial charge in [0, 0.05) is 24.0 Å². The molecule has 0 aromatic heterocycles. The summed E-state index contributed by atoms with van der Waals surface area (Å²) in [5, 5.41) is 3.44. The van der Waals surface area contributed by atoms with E-state index in [9.17, 15) is 13.2 Å². The number of nitrogens with zero attached hydrogens (tertiary/aromatic N) is 1. The van der Waals surface area contributed by atoms with E-state index in [0.29, 0.717) is 29.8 Å². The van der Waals surface area contributed by atoms with Crippen molar-refractivity contribution in [2.75, 3.05) is 24.2 Å². The summed E-state index contributed by atoms with van der Waals surface area (Å²) in [7, 11) is -3.47. The SMILES string of the molecule is O=C(CSC1CCCCC1)Nc1cccc(S(=O)(=O)N2CCCCC2)c1. The van der Waals surface area contributed by atoms with Crippen LogP contribution in [0.25, 0.3) is 0 Å². The zero-order valence-electron chi connectivity index (χ0n) is 15.2. The summed E-state index contributed by atoms with van der Waals surface area (Å²) in [6.07, 6.45) is 9.12. The number of nitrogens with one attached hydrogen (secondary N) is 1. The first-order valence-electron chi connectivity index (χ1n) is 9.57. The lowest BCUT2D eigenvalue weighted by atomic mass is 10.0. The molecule has 1 aromatic carbocycles. The summed E-state index contributed by atoms with van der Waals surface area (Å²) in [5.74, 6) is 0.362. The van der Waals surface area contributed by atoms with Gasteiger partial charge in [0.15, 0.2) is 0 Å². The number of sulfonamides is 1. The molecule has 3 rings (SSSR count). The van der Waals surface area contributed by atoms with Crippen LogP contribution in [0, 0.1) is 0 Å². The topological polar surface area (TPSA) is 66.5 Å². The zero-order valence-corrected chi connectivity index (χ0v) is 16.8. The smallest absolute Gasteiger partial charge is 0.243 e. The fourth-order valence-corrected chi connectivity index (χ4v) is 6.30. The molecule has 2 fully saturated rings. The van der Waals surface area contributed by atoms with Crippen molar-refractivity contribution in [2.24, 2.45) is 0 Å². The lowest BCUT2D eigenvalue weighted by molar-refractivity contribution is -0.113. The van der Waals surface area contributed by atoms with Gasteiger partial charge in [-0.05, 0) is 43.9 Å². The number of hydrogen-bond donors (Lipinski definition) is 1. The summed E-state index contributed by atoms with van der Waals surface area (Å²) in [5.41, 5.74) is 0.553. The van der Waals surface area contributed by atoms with Gasteiger partial charge in [-0.3, -0.25) is 4.79 Å². The number of anilines is 1. The monoisotopic (exact) mass is 396 g/mol. The van der Waals surface area contributed by atoms with Gasteiger partial charge in [-0.1, -0.05) is 31.7 Å². The number of hydrogen-bond acceptors (Lipinski definition) is 4. The molecule has 5 nitrogen and oxygen atoms in total. The van der Waals surface area contributed by atoms with Crippen molar-refractivity contribution in [2.45, 2.75) is 61.5 Å². The van der Waals surface area contributed by atoms with Crippen LogP contribution in [0.5, 0.6) is 0 Å². The molecule has 1 aromatic rings. The van der Waals surface area contributed by atoms with Gasteiger partial charge in [0.25, 0.3) is 0 Å². The number of carbonyl (C=O) groups is 1. The predicted molar refractivity (Wildman–Crippen MR) is 107 cm³/mol. The molecule has 1 saturated heterocycles. The second kappa shape index (κ2) is 9.24. The van der Waals surface area contributed by atoms with E-state index in [-0.39, 0.29) is 10.8 Å². The normalized spacial score (nSPS) is 20.0. The molecule has 0 spiro atoms. The number of rotatable bonds is 6. The van der Waals surface area contributed by atoms with E-state index in [2.05, 4.69) is 5.32 Å². The van der Waals surface area contributed by atoms with Crippen LogP contribution in [0.2, 0.25) is 0 Å². The summed E-state index contributed by atoms with van der Waals surface area (Å²) in [6.45, 7) is 1.16. The van der Waals surface area contributed by atoms with E-state index in [0.717, 1.165) is 19.3 Å². The molecule has 0 bridgehead atoms. The maximum absolute atomic E-state index is 12.8. The van der Waals surface area contributed by atoms with Gasteiger partial charge < -0.3 is 5.32 Å². The maximum Gasteiger partial charge on any atom is 0.243 e. The highest BCUT2D eigenvalue weighted by Crippen LogP contribution is 2.28. The third kappa shape index (κ3) is 5.24. The summed E-state index contributed by atoms with van der Waals surface area (Å²) in [4.78, 5) is 12.5. The van der Waals surface area contributed by atoms with Gasteiger partial charge in [-0.2, -0.15) is 4.31 Å². The Balaban J connectivity index is 1.58. The molecular weight excluding hydrogens is 368 g/mol. The van der Waals surface area contributed by atoms with Crippen LogP contribution in [0.1, 0.15) is 51.4 Å². The molecule has 144 valence electrons. The van der Waals surface area contributed by atoms with Crippen LogP contribution in [-0.4, -0.2) is 42.7 Å². The third-order valence-corrected chi connectivity index (χ3v) is 8.34. The van der Waals surface area contributed by atoms with Gasteiger partial charge in [-0.25, -0.2) is 8.42 Å². The van der Waals surface area contributed by atoms with Crippen LogP contribution < -0.4 is 5.32 Å². The largest absolute Gasteiger partial charge is 0.325 e. The van der Waals surface area contributed by atoms with Crippen LogP contribution >= 0.6 is 11.8 Å². The summed E-state index contributed by atoms with van der Waals surface area (Å²) >= 11 is 1.72. The highest BCUT2D eigenvalue weighted by Gasteiger charge is 2.26. The fraction of sp³-hybridized carbons (Fsp3) is 0.632. The highest BCUT2D eigenvalue weighted by atomic mass is 32.2. The lowest BCUT2D eigenvalue weighted by Crippen LogP contribution is -2.35. The first kappa shape index (κ1) is 19.7. The second-order valence-corrected chi connectivity index (χ2v) is 10.3. The number of thioether (sulfide) groups is 1. The number of benzene rings is 1. The minimum absolute atomic E-state index is 0.0620. The summed E-state index contributed by atoms with van der Waals surface area (Å²) < 4.78 is 27.1. The molecule has 1 saturated carbocycles. The average molecular weight is 397 g/mol. The van der Waals surface area contributed by atoms with Gasteiger partial charge in [0.2, 0.25) is 15.9 Å².